The van der Waals surface area contributed by atoms with Gasteiger partial charge in [-0.3, -0.25) is 9.36 Å². The number of thioether (sulfide) groups is 1. The number of hydrogen-bond donors (Lipinski definition) is 1. The predicted octanol–water partition coefficient (Wildman–Crippen LogP) is 2.75. The summed E-state index contributed by atoms with van der Waals surface area (Å²) in [7, 11) is 0. The molecule has 4 nitrogen and oxygen atoms in total. The zero-order valence-electron chi connectivity index (χ0n) is 12.5. The summed E-state index contributed by atoms with van der Waals surface area (Å²) in [5.74, 6) is 0.929. The van der Waals surface area contributed by atoms with Crippen molar-refractivity contribution in [1.29, 1.82) is 0 Å². The molecule has 0 spiro atoms. The molecule has 0 amide bonds. The third-order valence-corrected chi connectivity index (χ3v) is 4.74. The van der Waals surface area contributed by atoms with E-state index in [4.69, 9.17) is 0 Å². The monoisotopic (exact) mass is 381 g/mol. The van der Waals surface area contributed by atoms with Gasteiger partial charge in [0.2, 0.25) is 0 Å². The fourth-order valence-corrected chi connectivity index (χ4v) is 3.60. The van der Waals surface area contributed by atoms with Gasteiger partial charge in [-0.1, -0.05) is 25.1 Å². The van der Waals surface area contributed by atoms with E-state index in [2.05, 4.69) is 29.4 Å². The highest BCUT2D eigenvalue weighted by Gasteiger charge is 2.19. The van der Waals surface area contributed by atoms with Gasteiger partial charge in [0, 0.05) is 34.9 Å². The molecular formula is C16H20BrN3OS. The Morgan fingerprint density at radius 1 is 1.36 bits per heavy atom. The van der Waals surface area contributed by atoms with Gasteiger partial charge in [-0.15, -0.1) is 28.7 Å². The van der Waals surface area contributed by atoms with E-state index >= 15 is 0 Å². The predicted molar refractivity (Wildman–Crippen MR) is 97.2 cm³/mol. The first-order valence-corrected chi connectivity index (χ1v) is 8.31. The van der Waals surface area contributed by atoms with Gasteiger partial charge >= 0.3 is 0 Å². The van der Waals surface area contributed by atoms with Crippen LogP contribution in [-0.2, 0) is 13.0 Å². The minimum atomic E-state index is 0. The minimum absolute atomic E-state index is 0. The molecule has 22 heavy (non-hydrogen) atoms. The molecule has 1 aromatic heterocycles. The second-order valence-electron chi connectivity index (χ2n) is 5.02. The summed E-state index contributed by atoms with van der Waals surface area (Å²) in [5, 5.41) is 3.24. The van der Waals surface area contributed by atoms with Crippen LogP contribution in [0.3, 0.4) is 0 Å². The molecule has 1 N–H and O–H groups in total. The SMILES string of the molecule is Br.CCNCCn1cnc2c(c1=O)CCSc1ccccc1-2. The topological polar surface area (TPSA) is 46.9 Å². The smallest absolute Gasteiger partial charge is 0.257 e. The van der Waals surface area contributed by atoms with Gasteiger partial charge in [0.25, 0.3) is 5.56 Å². The lowest BCUT2D eigenvalue weighted by Crippen LogP contribution is -2.30. The number of rotatable bonds is 4. The second-order valence-corrected chi connectivity index (χ2v) is 6.16. The fourth-order valence-electron chi connectivity index (χ4n) is 2.58. The maximum atomic E-state index is 12.7. The molecule has 2 heterocycles. The maximum Gasteiger partial charge on any atom is 0.257 e. The Bertz CT molecular complexity index is 702. The van der Waals surface area contributed by atoms with E-state index in [-0.39, 0.29) is 22.5 Å². The van der Waals surface area contributed by atoms with Crippen LogP contribution in [0, 0.1) is 0 Å². The molecule has 118 valence electrons. The Balaban J connectivity index is 0.00000176. The molecule has 2 aromatic rings. The summed E-state index contributed by atoms with van der Waals surface area (Å²) < 4.78 is 1.72. The minimum Gasteiger partial charge on any atom is -0.315 e. The van der Waals surface area contributed by atoms with Crippen molar-refractivity contribution in [2.45, 2.75) is 24.8 Å². The summed E-state index contributed by atoms with van der Waals surface area (Å²) in [6.07, 6.45) is 2.47. The maximum absolute atomic E-state index is 12.7. The average molecular weight is 382 g/mol. The first-order valence-electron chi connectivity index (χ1n) is 7.32. The van der Waals surface area contributed by atoms with E-state index in [9.17, 15) is 4.79 Å². The van der Waals surface area contributed by atoms with Crippen LogP contribution < -0.4 is 10.9 Å². The molecule has 0 aliphatic carbocycles. The third kappa shape index (κ3) is 3.45. The molecule has 0 saturated heterocycles. The van der Waals surface area contributed by atoms with Gasteiger partial charge in [0.1, 0.15) is 0 Å². The normalized spacial score (nSPS) is 12.8. The number of fused-ring (bicyclic) bond motifs is 3. The summed E-state index contributed by atoms with van der Waals surface area (Å²) >= 11 is 1.80. The van der Waals surface area contributed by atoms with E-state index < -0.39 is 0 Å². The Kier molecular flexibility index (Phi) is 6.23. The summed E-state index contributed by atoms with van der Waals surface area (Å²) in [5.41, 5.74) is 2.91. The van der Waals surface area contributed by atoms with Crippen LogP contribution in [0.25, 0.3) is 11.3 Å². The van der Waals surface area contributed by atoms with Gasteiger partial charge < -0.3 is 5.32 Å². The Morgan fingerprint density at radius 2 is 2.18 bits per heavy atom. The molecule has 1 aliphatic heterocycles. The highest BCUT2D eigenvalue weighted by atomic mass is 79.9. The largest absolute Gasteiger partial charge is 0.315 e. The standard InChI is InChI=1S/C16H19N3OS.BrH/c1-2-17-8-9-19-11-18-15-12-5-3-4-6-14(12)21-10-7-13(15)16(19)20;/h3-6,11,17H,2,7-10H2,1H3;1H. The molecule has 1 aliphatic rings. The van der Waals surface area contributed by atoms with Crippen molar-refractivity contribution in [3.63, 3.8) is 0 Å². The summed E-state index contributed by atoms with van der Waals surface area (Å²) in [6, 6.07) is 8.21. The van der Waals surface area contributed by atoms with Crippen LogP contribution >= 0.6 is 28.7 Å². The Hall–Kier alpha value is -1.11. The summed E-state index contributed by atoms with van der Waals surface area (Å²) in [6.45, 7) is 4.44. The number of benzene rings is 1. The molecule has 0 radical (unpaired) electrons. The van der Waals surface area contributed by atoms with E-state index in [1.807, 2.05) is 12.1 Å². The van der Waals surface area contributed by atoms with Crippen molar-refractivity contribution in [3.05, 3.63) is 46.5 Å². The number of hydrogen-bond acceptors (Lipinski definition) is 4. The van der Waals surface area contributed by atoms with Gasteiger partial charge in [0.15, 0.2) is 0 Å². The van der Waals surface area contributed by atoms with Crippen LogP contribution in [0.1, 0.15) is 12.5 Å². The fraction of sp³-hybridized carbons (Fsp3) is 0.375. The number of likely N-dealkylation sites (N-methyl/N-ethyl adjacent to an activating group) is 1. The van der Waals surface area contributed by atoms with Crippen molar-refractivity contribution < 1.29 is 0 Å². The molecular weight excluding hydrogens is 362 g/mol. The van der Waals surface area contributed by atoms with Crippen molar-refractivity contribution >= 4 is 28.7 Å². The molecule has 0 unspecified atom stereocenters. The lowest BCUT2D eigenvalue weighted by atomic mass is 10.1. The number of nitrogens with zero attached hydrogens (tertiary/aromatic N) is 2. The van der Waals surface area contributed by atoms with Crippen LogP contribution in [0.5, 0.6) is 0 Å². The molecule has 0 atom stereocenters. The number of nitrogens with one attached hydrogen (secondary N) is 1. The van der Waals surface area contributed by atoms with E-state index in [0.717, 1.165) is 42.1 Å². The van der Waals surface area contributed by atoms with Crippen molar-refractivity contribution in [2.24, 2.45) is 0 Å². The van der Waals surface area contributed by atoms with Crippen molar-refractivity contribution in [3.8, 4) is 11.3 Å². The number of halogens is 1. The van der Waals surface area contributed by atoms with Crippen LogP contribution in [0.2, 0.25) is 0 Å². The second kappa shape index (κ2) is 7.94. The van der Waals surface area contributed by atoms with E-state index in [1.165, 1.54) is 4.90 Å². The van der Waals surface area contributed by atoms with E-state index in [1.54, 1.807) is 22.7 Å². The van der Waals surface area contributed by atoms with Crippen LogP contribution in [-0.4, -0.2) is 28.4 Å². The molecule has 6 heteroatoms. The quantitative estimate of drug-likeness (QED) is 0.827. The van der Waals surface area contributed by atoms with Gasteiger partial charge in [-0.25, -0.2) is 4.98 Å². The van der Waals surface area contributed by atoms with Crippen molar-refractivity contribution in [2.75, 3.05) is 18.8 Å². The van der Waals surface area contributed by atoms with Gasteiger partial charge in [-0.2, -0.15) is 0 Å². The van der Waals surface area contributed by atoms with Crippen LogP contribution in [0.15, 0.2) is 40.3 Å². The highest BCUT2D eigenvalue weighted by Crippen LogP contribution is 2.34. The number of aromatic nitrogens is 2. The molecule has 0 bridgehead atoms. The zero-order chi connectivity index (χ0) is 14.7. The zero-order valence-corrected chi connectivity index (χ0v) is 15.1. The molecule has 0 fully saturated rings. The van der Waals surface area contributed by atoms with Crippen LogP contribution in [0.4, 0.5) is 0 Å². The Labute approximate surface area is 145 Å². The molecule has 0 saturated carbocycles. The van der Waals surface area contributed by atoms with Gasteiger partial charge in [-0.05, 0) is 19.0 Å². The lowest BCUT2D eigenvalue weighted by Gasteiger charge is -2.11. The third-order valence-electron chi connectivity index (χ3n) is 3.66. The average Bonchev–Trinajstić information content (AvgIpc) is 2.70. The molecule has 1 aromatic carbocycles. The summed E-state index contributed by atoms with van der Waals surface area (Å²) in [4.78, 5) is 18.5. The Morgan fingerprint density at radius 3 is 3.00 bits per heavy atom. The first kappa shape index (κ1) is 17.2. The van der Waals surface area contributed by atoms with Crippen molar-refractivity contribution in [1.82, 2.24) is 14.9 Å². The molecule has 3 rings (SSSR count). The first-order chi connectivity index (χ1) is 10.3. The lowest BCUT2D eigenvalue weighted by molar-refractivity contribution is 0.588. The van der Waals surface area contributed by atoms with Gasteiger partial charge in [0.05, 0.1) is 12.0 Å². The highest BCUT2D eigenvalue weighted by molar-refractivity contribution is 8.93. The van der Waals surface area contributed by atoms with E-state index in [0.29, 0.717) is 6.54 Å².